The standard InChI is InChI=1S/C28H32N4O/c1-5-20(2)22-10-14-24(15-11-22)30-28(33)18-31(4)21(3)23-12-16-25(17-13-23)32-19-29-26-8-6-7-9-27(26)32/h6-17,19-21H,5,18H2,1-4H3,(H,30,33). The van der Waals surface area contributed by atoms with E-state index < -0.39 is 0 Å². The summed E-state index contributed by atoms with van der Waals surface area (Å²) in [5, 5.41) is 3.02. The molecule has 170 valence electrons. The van der Waals surface area contributed by atoms with E-state index in [0.717, 1.165) is 34.4 Å². The van der Waals surface area contributed by atoms with Crippen LogP contribution in [0.2, 0.25) is 0 Å². The van der Waals surface area contributed by atoms with E-state index in [1.54, 1.807) is 0 Å². The molecule has 0 fully saturated rings. The Kier molecular flexibility index (Phi) is 6.90. The van der Waals surface area contributed by atoms with Crippen LogP contribution in [-0.2, 0) is 4.79 Å². The molecule has 2 atom stereocenters. The maximum atomic E-state index is 12.6. The molecular weight excluding hydrogens is 408 g/mol. The van der Waals surface area contributed by atoms with Crippen molar-refractivity contribution in [1.82, 2.24) is 14.5 Å². The summed E-state index contributed by atoms with van der Waals surface area (Å²) in [6.07, 6.45) is 2.96. The Bertz CT molecular complexity index is 1210. The number of hydrogen-bond acceptors (Lipinski definition) is 3. The summed E-state index contributed by atoms with van der Waals surface area (Å²) in [4.78, 5) is 19.1. The van der Waals surface area contributed by atoms with Gasteiger partial charge in [0.1, 0.15) is 6.33 Å². The Balaban J connectivity index is 1.37. The average Bonchev–Trinajstić information content (AvgIpc) is 3.28. The van der Waals surface area contributed by atoms with Crippen molar-refractivity contribution in [3.8, 4) is 5.69 Å². The predicted molar refractivity (Wildman–Crippen MR) is 136 cm³/mol. The van der Waals surface area contributed by atoms with Gasteiger partial charge in [0.25, 0.3) is 0 Å². The van der Waals surface area contributed by atoms with Crippen molar-refractivity contribution < 1.29 is 4.79 Å². The summed E-state index contributed by atoms with van der Waals surface area (Å²) in [6, 6.07) is 24.8. The van der Waals surface area contributed by atoms with Crippen molar-refractivity contribution in [3.63, 3.8) is 0 Å². The van der Waals surface area contributed by atoms with Gasteiger partial charge in [-0.2, -0.15) is 0 Å². The van der Waals surface area contributed by atoms with Crippen LogP contribution < -0.4 is 5.32 Å². The molecular formula is C28H32N4O. The first-order valence-corrected chi connectivity index (χ1v) is 11.6. The number of carbonyl (C=O) groups excluding carboxylic acids is 1. The number of anilines is 1. The van der Waals surface area contributed by atoms with E-state index in [4.69, 9.17) is 0 Å². The summed E-state index contributed by atoms with van der Waals surface area (Å²) in [6.45, 7) is 6.84. The van der Waals surface area contributed by atoms with Gasteiger partial charge < -0.3 is 5.32 Å². The predicted octanol–water partition coefficient (Wildman–Crippen LogP) is 6.17. The number of hydrogen-bond donors (Lipinski definition) is 1. The van der Waals surface area contributed by atoms with E-state index in [1.807, 2.05) is 43.7 Å². The van der Waals surface area contributed by atoms with E-state index >= 15 is 0 Å². The Morgan fingerprint density at radius 1 is 0.970 bits per heavy atom. The SMILES string of the molecule is CCC(C)c1ccc(NC(=O)CN(C)C(C)c2ccc(-n3cnc4ccccc43)cc2)cc1. The van der Waals surface area contributed by atoms with E-state index in [0.29, 0.717) is 12.5 Å². The second-order valence-corrected chi connectivity index (χ2v) is 8.77. The summed E-state index contributed by atoms with van der Waals surface area (Å²) in [5.41, 5.74) is 6.44. The van der Waals surface area contributed by atoms with Crippen LogP contribution in [0, 0.1) is 0 Å². The number of rotatable bonds is 8. The van der Waals surface area contributed by atoms with E-state index in [-0.39, 0.29) is 11.9 Å². The van der Waals surface area contributed by atoms with Gasteiger partial charge in [-0.3, -0.25) is 14.3 Å². The number of para-hydroxylation sites is 2. The largest absolute Gasteiger partial charge is 0.325 e. The summed E-state index contributed by atoms with van der Waals surface area (Å²) in [7, 11) is 1.98. The molecule has 4 rings (SSSR count). The monoisotopic (exact) mass is 440 g/mol. The summed E-state index contributed by atoms with van der Waals surface area (Å²) < 4.78 is 2.09. The molecule has 0 saturated carbocycles. The van der Waals surface area contributed by atoms with E-state index in [1.165, 1.54) is 5.56 Å². The van der Waals surface area contributed by atoms with Gasteiger partial charge >= 0.3 is 0 Å². The molecule has 0 aliphatic rings. The fourth-order valence-corrected chi connectivity index (χ4v) is 4.03. The topological polar surface area (TPSA) is 50.2 Å². The number of benzene rings is 3. The lowest BCUT2D eigenvalue weighted by Crippen LogP contribution is -2.32. The van der Waals surface area contributed by atoms with Crippen LogP contribution >= 0.6 is 0 Å². The van der Waals surface area contributed by atoms with E-state index in [2.05, 4.69) is 83.0 Å². The van der Waals surface area contributed by atoms with Crippen molar-refractivity contribution in [2.75, 3.05) is 18.9 Å². The van der Waals surface area contributed by atoms with Gasteiger partial charge in [-0.05, 0) is 73.8 Å². The van der Waals surface area contributed by atoms with Crippen LogP contribution in [0.4, 0.5) is 5.69 Å². The van der Waals surface area contributed by atoms with Crippen LogP contribution in [0.25, 0.3) is 16.7 Å². The first-order chi connectivity index (χ1) is 16.0. The highest BCUT2D eigenvalue weighted by Gasteiger charge is 2.16. The molecule has 4 aromatic rings. The quantitative estimate of drug-likeness (QED) is 0.356. The molecule has 0 radical (unpaired) electrons. The van der Waals surface area contributed by atoms with Crippen molar-refractivity contribution in [2.45, 2.75) is 39.2 Å². The Labute approximate surface area is 196 Å². The van der Waals surface area contributed by atoms with Gasteiger partial charge in [0, 0.05) is 17.4 Å². The number of nitrogens with zero attached hydrogens (tertiary/aromatic N) is 3. The molecule has 1 heterocycles. The van der Waals surface area contributed by atoms with Crippen molar-refractivity contribution in [1.29, 1.82) is 0 Å². The van der Waals surface area contributed by atoms with Crippen LogP contribution in [0.3, 0.4) is 0 Å². The molecule has 1 N–H and O–H groups in total. The van der Waals surface area contributed by atoms with Crippen LogP contribution in [0.15, 0.2) is 79.1 Å². The highest BCUT2D eigenvalue weighted by atomic mass is 16.2. The zero-order valence-electron chi connectivity index (χ0n) is 19.8. The Morgan fingerprint density at radius 2 is 1.64 bits per heavy atom. The number of imidazole rings is 1. The highest BCUT2D eigenvalue weighted by Crippen LogP contribution is 2.23. The maximum absolute atomic E-state index is 12.6. The molecule has 0 aliphatic heterocycles. The zero-order valence-corrected chi connectivity index (χ0v) is 19.8. The maximum Gasteiger partial charge on any atom is 0.238 e. The summed E-state index contributed by atoms with van der Waals surface area (Å²) >= 11 is 0. The van der Waals surface area contributed by atoms with Gasteiger partial charge in [0.05, 0.1) is 17.6 Å². The minimum Gasteiger partial charge on any atom is -0.325 e. The van der Waals surface area contributed by atoms with Crippen molar-refractivity contribution in [2.24, 2.45) is 0 Å². The molecule has 0 aliphatic carbocycles. The molecule has 2 unspecified atom stereocenters. The van der Waals surface area contributed by atoms with Crippen molar-refractivity contribution in [3.05, 3.63) is 90.3 Å². The van der Waals surface area contributed by atoms with Gasteiger partial charge in [-0.15, -0.1) is 0 Å². The molecule has 0 spiro atoms. The number of carbonyl (C=O) groups is 1. The molecule has 5 nitrogen and oxygen atoms in total. The Hall–Kier alpha value is -3.44. The molecule has 5 heteroatoms. The molecule has 0 bridgehead atoms. The minimum atomic E-state index is -0.0119. The first kappa shape index (κ1) is 22.7. The number of amides is 1. The number of nitrogens with one attached hydrogen (secondary N) is 1. The van der Waals surface area contributed by atoms with Crippen LogP contribution in [-0.4, -0.2) is 34.0 Å². The smallest absolute Gasteiger partial charge is 0.238 e. The molecule has 1 amide bonds. The van der Waals surface area contributed by atoms with Crippen LogP contribution in [0.5, 0.6) is 0 Å². The highest BCUT2D eigenvalue weighted by molar-refractivity contribution is 5.92. The molecule has 33 heavy (non-hydrogen) atoms. The minimum absolute atomic E-state index is 0.0119. The summed E-state index contributed by atoms with van der Waals surface area (Å²) in [5.74, 6) is 0.516. The van der Waals surface area contributed by atoms with Gasteiger partial charge in [0.15, 0.2) is 0 Å². The Morgan fingerprint density at radius 3 is 2.33 bits per heavy atom. The number of aromatic nitrogens is 2. The van der Waals surface area contributed by atoms with Gasteiger partial charge in [-0.25, -0.2) is 4.98 Å². The molecule has 3 aromatic carbocycles. The van der Waals surface area contributed by atoms with Crippen LogP contribution in [0.1, 0.15) is 50.3 Å². The first-order valence-electron chi connectivity index (χ1n) is 11.6. The van der Waals surface area contributed by atoms with Gasteiger partial charge in [-0.1, -0.05) is 50.2 Å². The van der Waals surface area contributed by atoms with Gasteiger partial charge in [0.2, 0.25) is 5.91 Å². The lowest BCUT2D eigenvalue weighted by atomic mass is 9.99. The lowest BCUT2D eigenvalue weighted by molar-refractivity contribution is -0.117. The van der Waals surface area contributed by atoms with E-state index in [9.17, 15) is 4.79 Å². The number of likely N-dealkylation sites (N-methyl/N-ethyl adjacent to an activating group) is 1. The third-order valence-electron chi connectivity index (χ3n) is 6.54. The number of fused-ring (bicyclic) bond motifs is 1. The average molecular weight is 441 g/mol. The fraction of sp³-hybridized carbons (Fsp3) is 0.286. The lowest BCUT2D eigenvalue weighted by Gasteiger charge is -2.24. The fourth-order valence-electron chi connectivity index (χ4n) is 4.03. The second-order valence-electron chi connectivity index (χ2n) is 8.77. The normalized spacial score (nSPS) is 13.2. The zero-order chi connectivity index (χ0) is 23.4. The molecule has 0 saturated heterocycles. The third kappa shape index (κ3) is 5.15. The van der Waals surface area contributed by atoms with Crippen molar-refractivity contribution >= 4 is 22.6 Å². The third-order valence-corrected chi connectivity index (χ3v) is 6.54. The second kappa shape index (κ2) is 10.0. The molecule has 1 aromatic heterocycles.